The third kappa shape index (κ3) is 5.00. The number of hydrogen-bond donors (Lipinski definition) is 2. The molecule has 0 atom stereocenters. The monoisotopic (exact) mass is 284 g/mol. The molecule has 6 heteroatoms. The minimum Gasteiger partial charge on any atom is -0.325 e. The van der Waals surface area contributed by atoms with Crippen LogP contribution in [0.15, 0.2) is 18.2 Å². The number of aryl methyl sites for hydroxylation is 1. The molecule has 1 rings (SSSR count). The molecule has 0 fully saturated rings. The van der Waals surface area contributed by atoms with Gasteiger partial charge in [0, 0.05) is 5.69 Å². The molecule has 0 radical (unpaired) electrons. The van der Waals surface area contributed by atoms with Crippen LogP contribution in [0.1, 0.15) is 24.5 Å². The Morgan fingerprint density at radius 1 is 1.26 bits per heavy atom. The van der Waals surface area contributed by atoms with Gasteiger partial charge < -0.3 is 5.32 Å². The molecule has 2 N–H and O–H groups in total. The van der Waals surface area contributed by atoms with Crippen LogP contribution in [-0.2, 0) is 14.8 Å². The third-order valence-corrected chi connectivity index (χ3v) is 4.33. The molecule has 0 unspecified atom stereocenters. The Labute approximate surface area is 114 Å². The van der Waals surface area contributed by atoms with Crippen LogP contribution < -0.4 is 10.0 Å². The Morgan fingerprint density at radius 2 is 1.95 bits per heavy atom. The Kier molecular flexibility index (Phi) is 5.50. The average molecular weight is 284 g/mol. The van der Waals surface area contributed by atoms with E-state index in [1.54, 1.807) is 13.0 Å². The first-order chi connectivity index (χ1) is 8.85. The third-order valence-electron chi connectivity index (χ3n) is 2.80. The Bertz CT molecular complexity index is 553. The lowest BCUT2D eigenvalue weighted by Crippen LogP contribution is -2.34. The van der Waals surface area contributed by atoms with E-state index in [2.05, 4.69) is 10.0 Å². The largest absolute Gasteiger partial charge is 0.325 e. The number of carbonyl (C=O) groups excluding carboxylic acids is 1. The van der Waals surface area contributed by atoms with Crippen LogP contribution in [0.2, 0.25) is 0 Å². The standard InChI is InChI=1S/C13H20N2O3S/c1-4-8-19(17,18)14-9-13(16)15-12-7-5-6-10(2)11(12)3/h5-7,14H,4,8-9H2,1-3H3,(H,15,16). The van der Waals surface area contributed by atoms with Crippen molar-refractivity contribution in [2.75, 3.05) is 17.6 Å². The summed E-state index contributed by atoms with van der Waals surface area (Å²) < 4.78 is 25.1. The normalized spacial score (nSPS) is 11.3. The van der Waals surface area contributed by atoms with Gasteiger partial charge in [-0.1, -0.05) is 19.1 Å². The summed E-state index contributed by atoms with van der Waals surface area (Å²) >= 11 is 0. The molecule has 0 aliphatic rings. The van der Waals surface area contributed by atoms with Crippen LogP contribution in [0.4, 0.5) is 5.69 Å². The number of anilines is 1. The highest BCUT2D eigenvalue weighted by atomic mass is 32.2. The smallest absolute Gasteiger partial charge is 0.239 e. The van der Waals surface area contributed by atoms with E-state index in [1.807, 2.05) is 26.0 Å². The second-order valence-corrected chi connectivity index (χ2v) is 6.36. The molecule has 0 spiro atoms. The van der Waals surface area contributed by atoms with Crippen molar-refractivity contribution >= 4 is 21.6 Å². The molecular formula is C13H20N2O3S. The number of hydrogen-bond acceptors (Lipinski definition) is 3. The molecule has 0 aliphatic heterocycles. The maximum atomic E-state index is 11.7. The molecule has 0 saturated carbocycles. The molecule has 5 nitrogen and oxygen atoms in total. The van der Waals surface area contributed by atoms with Gasteiger partial charge in [-0.2, -0.15) is 0 Å². The minimum atomic E-state index is -3.35. The van der Waals surface area contributed by atoms with Gasteiger partial charge in [-0.3, -0.25) is 4.79 Å². The van der Waals surface area contributed by atoms with Crippen LogP contribution in [-0.4, -0.2) is 26.6 Å². The molecule has 1 aromatic rings. The fourth-order valence-corrected chi connectivity index (χ4v) is 2.63. The van der Waals surface area contributed by atoms with E-state index < -0.39 is 10.0 Å². The van der Waals surface area contributed by atoms with Gasteiger partial charge in [0.05, 0.1) is 12.3 Å². The van der Waals surface area contributed by atoms with Gasteiger partial charge in [0.1, 0.15) is 0 Å². The van der Waals surface area contributed by atoms with Gasteiger partial charge >= 0.3 is 0 Å². The summed E-state index contributed by atoms with van der Waals surface area (Å²) in [6.07, 6.45) is 0.522. The lowest BCUT2D eigenvalue weighted by molar-refractivity contribution is -0.115. The molecule has 0 aromatic heterocycles. The lowest BCUT2D eigenvalue weighted by atomic mass is 10.1. The van der Waals surface area contributed by atoms with Crippen LogP contribution in [0, 0.1) is 13.8 Å². The quantitative estimate of drug-likeness (QED) is 0.832. The molecule has 0 bridgehead atoms. The van der Waals surface area contributed by atoms with Gasteiger partial charge in [-0.15, -0.1) is 0 Å². The van der Waals surface area contributed by atoms with Crippen molar-refractivity contribution in [1.82, 2.24) is 4.72 Å². The van der Waals surface area contributed by atoms with Gasteiger partial charge in [0.15, 0.2) is 0 Å². The SMILES string of the molecule is CCCS(=O)(=O)NCC(=O)Nc1cccc(C)c1C. The number of benzene rings is 1. The van der Waals surface area contributed by atoms with E-state index in [9.17, 15) is 13.2 Å². The number of rotatable bonds is 6. The zero-order valence-electron chi connectivity index (χ0n) is 11.5. The van der Waals surface area contributed by atoms with Crippen molar-refractivity contribution in [3.05, 3.63) is 29.3 Å². The highest BCUT2D eigenvalue weighted by Gasteiger charge is 2.11. The van der Waals surface area contributed by atoms with E-state index in [0.29, 0.717) is 12.1 Å². The minimum absolute atomic E-state index is 0.0315. The summed E-state index contributed by atoms with van der Waals surface area (Å²) in [6.45, 7) is 5.40. The summed E-state index contributed by atoms with van der Waals surface area (Å²) in [5, 5.41) is 2.70. The second-order valence-electron chi connectivity index (χ2n) is 4.44. The predicted molar refractivity (Wildman–Crippen MR) is 76.6 cm³/mol. The van der Waals surface area contributed by atoms with Gasteiger partial charge in [0.2, 0.25) is 15.9 Å². The number of amides is 1. The van der Waals surface area contributed by atoms with E-state index in [0.717, 1.165) is 11.1 Å². The highest BCUT2D eigenvalue weighted by Crippen LogP contribution is 2.17. The molecule has 1 aromatic carbocycles. The first kappa shape index (κ1) is 15.7. The van der Waals surface area contributed by atoms with E-state index in [-0.39, 0.29) is 18.2 Å². The van der Waals surface area contributed by atoms with Crippen molar-refractivity contribution in [3.63, 3.8) is 0 Å². The molecule has 0 aliphatic carbocycles. The van der Waals surface area contributed by atoms with Crippen LogP contribution in [0.25, 0.3) is 0 Å². The Morgan fingerprint density at radius 3 is 2.58 bits per heavy atom. The molecule has 1 amide bonds. The molecular weight excluding hydrogens is 264 g/mol. The fraction of sp³-hybridized carbons (Fsp3) is 0.462. The summed E-state index contributed by atoms with van der Waals surface area (Å²) in [5.41, 5.74) is 2.76. The number of nitrogens with one attached hydrogen (secondary N) is 2. The highest BCUT2D eigenvalue weighted by molar-refractivity contribution is 7.89. The first-order valence-electron chi connectivity index (χ1n) is 6.19. The second kappa shape index (κ2) is 6.68. The Hall–Kier alpha value is -1.40. The van der Waals surface area contributed by atoms with Crippen molar-refractivity contribution in [3.8, 4) is 0 Å². The van der Waals surface area contributed by atoms with Crippen molar-refractivity contribution < 1.29 is 13.2 Å². The van der Waals surface area contributed by atoms with Gasteiger partial charge in [0.25, 0.3) is 0 Å². The van der Waals surface area contributed by atoms with Crippen LogP contribution >= 0.6 is 0 Å². The lowest BCUT2D eigenvalue weighted by Gasteiger charge is -2.11. The van der Waals surface area contributed by atoms with Crippen molar-refractivity contribution in [2.45, 2.75) is 27.2 Å². The Balaban J connectivity index is 2.59. The number of carbonyl (C=O) groups is 1. The van der Waals surface area contributed by atoms with Gasteiger partial charge in [-0.25, -0.2) is 13.1 Å². The topological polar surface area (TPSA) is 75.3 Å². The molecule has 0 saturated heterocycles. The summed E-state index contributed by atoms with van der Waals surface area (Å²) in [5.74, 6) is -0.336. The maximum absolute atomic E-state index is 11.7. The number of sulfonamides is 1. The van der Waals surface area contributed by atoms with Gasteiger partial charge in [-0.05, 0) is 37.5 Å². The summed E-state index contributed by atoms with van der Waals surface area (Å²) in [6, 6.07) is 5.59. The maximum Gasteiger partial charge on any atom is 0.239 e. The molecule has 106 valence electrons. The van der Waals surface area contributed by atoms with Crippen molar-refractivity contribution in [2.24, 2.45) is 0 Å². The van der Waals surface area contributed by atoms with Crippen molar-refractivity contribution in [1.29, 1.82) is 0 Å². The predicted octanol–water partition coefficient (Wildman–Crippen LogP) is 1.57. The average Bonchev–Trinajstić information content (AvgIpc) is 2.33. The first-order valence-corrected chi connectivity index (χ1v) is 7.84. The van der Waals surface area contributed by atoms with E-state index >= 15 is 0 Å². The summed E-state index contributed by atoms with van der Waals surface area (Å²) in [7, 11) is -3.35. The zero-order valence-corrected chi connectivity index (χ0v) is 12.3. The van der Waals surface area contributed by atoms with Crippen LogP contribution in [0.3, 0.4) is 0 Å². The zero-order chi connectivity index (χ0) is 14.5. The van der Waals surface area contributed by atoms with E-state index in [1.165, 1.54) is 0 Å². The van der Waals surface area contributed by atoms with E-state index in [4.69, 9.17) is 0 Å². The summed E-state index contributed by atoms with van der Waals surface area (Å²) in [4.78, 5) is 11.7. The van der Waals surface area contributed by atoms with Crippen LogP contribution in [0.5, 0.6) is 0 Å². The fourth-order valence-electron chi connectivity index (χ4n) is 1.60. The molecule has 0 heterocycles. The molecule has 19 heavy (non-hydrogen) atoms.